The normalized spacial score (nSPS) is 28.2. The molecule has 34 heavy (non-hydrogen) atoms. The Balaban J connectivity index is 0.00000578. The van der Waals surface area contributed by atoms with E-state index < -0.39 is 0 Å². The molecule has 0 saturated carbocycles. The summed E-state index contributed by atoms with van der Waals surface area (Å²) in [6, 6.07) is 0. The Morgan fingerprint density at radius 3 is 1.88 bits per heavy atom. The Morgan fingerprint density at radius 1 is 0.853 bits per heavy atom. The molecule has 3 heterocycles. The summed E-state index contributed by atoms with van der Waals surface area (Å²) in [5, 5.41) is 21.2. The van der Waals surface area contributed by atoms with Gasteiger partial charge < -0.3 is 37.6 Å². The van der Waals surface area contributed by atoms with Gasteiger partial charge in [0.05, 0.1) is 11.1 Å². The van der Waals surface area contributed by atoms with E-state index in [1.807, 2.05) is 0 Å². The molecule has 1 amide bonds. The molecule has 0 atom stereocenters. The van der Waals surface area contributed by atoms with Gasteiger partial charge in [0.1, 0.15) is 0 Å². The average Bonchev–Trinajstić information content (AvgIpc) is 2.74. The molecule has 3 aliphatic rings. The summed E-state index contributed by atoms with van der Waals surface area (Å²) >= 11 is 0. The van der Waals surface area contributed by atoms with Crippen LogP contribution in [0.3, 0.4) is 0 Å². The first-order chi connectivity index (χ1) is 15.6. The molecule has 2 bridgehead atoms. The third-order valence-corrected chi connectivity index (χ3v) is 6.92. The van der Waals surface area contributed by atoms with Gasteiger partial charge in [0.25, 0.3) is 0 Å². The molecule has 3 fully saturated rings. The van der Waals surface area contributed by atoms with Crippen LogP contribution in [0.1, 0.15) is 59.3 Å². The Bertz CT molecular complexity index is 565. The molecule has 0 aromatic carbocycles. The van der Waals surface area contributed by atoms with E-state index in [1.54, 1.807) is 0 Å². The summed E-state index contributed by atoms with van der Waals surface area (Å²) in [5.41, 5.74) is 7.39. The standard InChI is InChI=1S/C25H51N7O.Cu/c1-21(23(2,3)4)8-7-9-22(33)32-25-10-5-6-11-27-16-24(26,17-28-12-14-30-19-25)18-29-13-15-31-20-25;/h27-31H,1,5-20,26H2,2-4H3,(H,32,33);/q;+2. The second-order valence-corrected chi connectivity index (χ2v) is 11.2. The average molecular weight is 529 g/mol. The fourth-order valence-electron chi connectivity index (χ4n) is 4.51. The van der Waals surface area contributed by atoms with Crippen LogP contribution >= 0.6 is 0 Å². The molecule has 0 aliphatic carbocycles. The van der Waals surface area contributed by atoms with Gasteiger partial charge in [-0.2, -0.15) is 0 Å². The summed E-state index contributed by atoms with van der Waals surface area (Å²) < 4.78 is 0. The maximum Gasteiger partial charge on any atom is 2.00 e. The zero-order chi connectivity index (χ0) is 24.2. The second kappa shape index (κ2) is 15.6. The number of carbonyl (C=O) groups excluding carboxylic acids is 1. The molecule has 3 rings (SSSR count). The minimum absolute atomic E-state index is 0. The van der Waals surface area contributed by atoms with Crippen molar-refractivity contribution in [2.75, 3.05) is 65.4 Å². The van der Waals surface area contributed by atoms with Gasteiger partial charge in [0.2, 0.25) is 5.91 Å². The number of nitrogens with two attached hydrogens (primary N) is 1. The van der Waals surface area contributed by atoms with E-state index in [2.05, 4.69) is 59.3 Å². The summed E-state index contributed by atoms with van der Waals surface area (Å²) in [6.07, 6.45) is 5.36. The third kappa shape index (κ3) is 12.0. The predicted octanol–water partition coefficient (Wildman–Crippen LogP) is 0.455. The van der Waals surface area contributed by atoms with Gasteiger partial charge in [-0.3, -0.25) is 4.79 Å². The molecule has 0 aromatic rings. The molecule has 8 nitrogen and oxygen atoms in total. The smallest absolute Gasteiger partial charge is 0.348 e. The van der Waals surface area contributed by atoms with Crippen molar-refractivity contribution in [2.45, 2.75) is 70.4 Å². The molecule has 201 valence electrons. The summed E-state index contributed by atoms with van der Waals surface area (Å²) in [7, 11) is 0. The van der Waals surface area contributed by atoms with Crippen molar-refractivity contribution < 1.29 is 21.9 Å². The molecule has 0 aromatic heterocycles. The van der Waals surface area contributed by atoms with E-state index in [0.717, 1.165) is 97.6 Å². The van der Waals surface area contributed by atoms with Crippen LogP contribution in [0.4, 0.5) is 0 Å². The molecule has 0 unspecified atom stereocenters. The van der Waals surface area contributed by atoms with E-state index >= 15 is 0 Å². The molecule has 8 N–H and O–H groups in total. The van der Waals surface area contributed by atoms with Crippen LogP contribution in [-0.2, 0) is 21.9 Å². The van der Waals surface area contributed by atoms with E-state index in [9.17, 15) is 4.79 Å². The Labute approximate surface area is 218 Å². The van der Waals surface area contributed by atoms with E-state index in [0.29, 0.717) is 6.42 Å². The first-order valence-electron chi connectivity index (χ1n) is 13.0. The van der Waals surface area contributed by atoms with Crippen LogP contribution in [0.5, 0.6) is 0 Å². The van der Waals surface area contributed by atoms with Crippen molar-refractivity contribution >= 4 is 5.91 Å². The van der Waals surface area contributed by atoms with Crippen LogP contribution in [0.25, 0.3) is 0 Å². The zero-order valence-corrected chi connectivity index (χ0v) is 22.7. The van der Waals surface area contributed by atoms with Crippen molar-refractivity contribution in [3.63, 3.8) is 0 Å². The first kappa shape index (κ1) is 31.5. The van der Waals surface area contributed by atoms with Crippen LogP contribution in [-0.4, -0.2) is 82.4 Å². The van der Waals surface area contributed by atoms with Crippen molar-refractivity contribution in [2.24, 2.45) is 11.1 Å². The van der Waals surface area contributed by atoms with E-state index in [-0.39, 0.29) is 39.5 Å². The maximum absolute atomic E-state index is 13.0. The van der Waals surface area contributed by atoms with E-state index in [4.69, 9.17) is 5.73 Å². The number of fused-ring (bicyclic) bond motifs is 15. The van der Waals surface area contributed by atoms with Gasteiger partial charge in [0, 0.05) is 65.3 Å². The van der Waals surface area contributed by atoms with Gasteiger partial charge in [-0.15, -0.1) is 0 Å². The van der Waals surface area contributed by atoms with Crippen LogP contribution in [0.15, 0.2) is 12.2 Å². The first-order valence-corrected chi connectivity index (χ1v) is 13.0. The fourth-order valence-corrected chi connectivity index (χ4v) is 4.51. The number of hydrogen-bond acceptors (Lipinski definition) is 7. The van der Waals surface area contributed by atoms with E-state index in [1.165, 1.54) is 5.57 Å². The molecule has 3 aliphatic heterocycles. The quantitative estimate of drug-likeness (QED) is 0.205. The fraction of sp³-hybridized carbons (Fsp3) is 0.880. The molecule has 1 radical (unpaired) electrons. The zero-order valence-electron chi connectivity index (χ0n) is 21.8. The van der Waals surface area contributed by atoms with Crippen LogP contribution in [0.2, 0.25) is 0 Å². The number of allylic oxidation sites excluding steroid dienone is 1. The monoisotopic (exact) mass is 528 g/mol. The summed E-state index contributed by atoms with van der Waals surface area (Å²) in [6.45, 7) is 18.9. The van der Waals surface area contributed by atoms with Crippen molar-refractivity contribution in [1.29, 1.82) is 0 Å². The van der Waals surface area contributed by atoms with Crippen molar-refractivity contribution in [3.8, 4) is 0 Å². The second-order valence-electron chi connectivity index (χ2n) is 11.2. The third-order valence-electron chi connectivity index (χ3n) is 6.92. The minimum atomic E-state index is -0.301. The SMILES string of the molecule is C=C(CCCC(=O)NC12CCCCNCC(N)(CNCCNC1)CNCCNC2)C(C)(C)C.[Cu+2]. The Hall–Kier alpha value is -0.511. The largest absolute Gasteiger partial charge is 2.00 e. The summed E-state index contributed by atoms with van der Waals surface area (Å²) in [4.78, 5) is 13.0. The maximum atomic E-state index is 13.0. The molecule has 9 heteroatoms. The Kier molecular flexibility index (Phi) is 14.4. The summed E-state index contributed by atoms with van der Waals surface area (Å²) in [5.74, 6) is 0.143. The van der Waals surface area contributed by atoms with Gasteiger partial charge >= 0.3 is 17.1 Å². The molecule has 3 saturated heterocycles. The van der Waals surface area contributed by atoms with Crippen molar-refractivity contribution in [3.05, 3.63) is 12.2 Å². The number of hydrogen-bond donors (Lipinski definition) is 7. The molecular formula is C25H51CuN7O+2. The number of carbonyl (C=O) groups is 1. The topological polar surface area (TPSA) is 115 Å². The van der Waals surface area contributed by atoms with Gasteiger partial charge in [-0.05, 0) is 44.1 Å². The van der Waals surface area contributed by atoms with Crippen LogP contribution in [0, 0.1) is 5.41 Å². The van der Waals surface area contributed by atoms with Gasteiger partial charge in [0.15, 0.2) is 0 Å². The predicted molar refractivity (Wildman–Crippen MR) is 138 cm³/mol. The number of amides is 1. The van der Waals surface area contributed by atoms with Crippen LogP contribution < -0.4 is 37.6 Å². The molecular weight excluding hydrogens is 478 g/mol. The van der Waals surface area contributed by atoms with Crippen molar-refractivity contribution in [1.82, 2.24) is 31.9 Å². The van der Waals surface area contributed by atoms with Gasteiger partial charge in [-0.25, -0.2) is 0 Å². The molecule has 0 spiro atoms. The van der Waals surface area contributed by atoms with Gasteiger partial charge in [-0.1, -0.05) is 32.9 Å². The number of rotatable bonds is 5. The Morgan fingerprint density at radius 2 is 1.35 bits per heavy atom. The minimum Gasteiger partial charge on any atom is -0.348 e. The number of nitrogens with one attached hydrogen (secondary N) is 6.